The second kappa shape index (κ2) is 5.36. The van der Waals surface area contributed by atoms with E-state index in [1.165, 1.54) is 18.2 Å². The van der Waals surface area contributed by atoms with Gasteiger partial charge in [-0.2, -0.15) is 0 Å². The number of nitrogens with two attached hydrogens (primary N) is 1. The summed E-state index contributed by atoms with van der Waals surface area (Å²) in [5, 5.41) is 7.54. The molecule has 1 amide bonds. The van der Waals surface area contributed by atoms with Crippen LogP contribution in [-0.4, -0.2) is 20.1 Å². The molecule has 0 saturated carbocycles. The van der Waals surface area contributed by atoms with Gasteiger partial charge < -0.3 is 4.74 Å². The van der Waals surface area contributed by atoms with Gasteiger partial charge in [-0.15, -0.1) is 0 Å². The van der Waals surface area contributed by atoms with Crippen LogP contribution >= 0.6 is 11.6 Å². The molecule has 1 rings (SSSR count). The van der Waals surface area contributed by atoms with Crippen LogP contribution in [0.25, 0.3) is 0 Å². The van der Waals surface area contributed by atoms with Gasteiger partial charge in [-0.05, 0) is 39.0 Å². The molecule has 0 fully saturated rings. The zero-order chi connectivity index (χ0) is 14.8. The lowest BCUT2D eigenvalue weighted by molar-refractivity contribution is 0.0636. The number of carbonyl (C=O) groups is 1. The predicted octanol–water partition coefficient (Wildman–Crippen LogP) is 2.33. The first-order chi connectivity index (χ1) is 8.49. The number of primary sulfonamides is 1. The van der Waals surface area contributed by atoms with Gasteiger partial charge in [0, 0.05) is 0 Å². The zero-order valence-electron chi connectivity index (χ0n) is 10.7. The van der Waals surface area contributed by atoms with E-state index in [0.29, 0.717) is 0 Å². The van der Waals surface area contributed by atoms with E-state index in [2.05, 4.69) is 5.32 Å². The van der Waals surface area contributed by atoms with Gasteiger partial charge in [0.1, 0.15) is 5.60 Å². The van der Waals surface area contributed by atoms with Gasteiger partial charge in [-0.25, -0.2) is 18.4 Å². The van der Waals surface area contributed by atoms with E-state index < -0.39 is 21.7 Å². The minimum absolute atomic E-state index is 0.113. The van der Waals surface area contributed by atoms with Crippen molar-refractivity contribution < 1.29 is 17.9 Å². The van der Waals surface area contributed by atoms with Crippen LogP contribution in [0.15, 0.2) is 23.1 Å². The van der Waals surface area contributed by atoms with Crippen molar-refractivity contribution in [1.29, 1.82) is 0 Å². The third-order valence-electron chi connectivity index (χ3n) is 1.90. The largest absolute Gasteiger partial charge is 0.444 e. The van der Waals surface area contributed by atoms with Crippen molar-refractivity contribution in [2.24, 2.45) is 5.14 Å². The lowest BCUT2D eigenvalue weighted by atomic mass is 10.2. The summed E-state index contributed by atoms with van der Waals surface area (Å²) in [6, 6.07) is 3.74. The number of ether oxygens (including phenoxy) is 1. The van der Waals surface area contributed by atoms with Crippen LogP contribution in [0.2, 0.25) is 5.02 Å². The summed E-state index contributed by atoms with van der Waals surface area (Å²) in [4.78, 5) is 11.4. The Morgan fingerprint density at radius 2 is 1.95 bits per heavy atom. The molecule has 0 atom stereocenters. The van der Waals surface area contributed by atoms with Gasteiger partial charge in [0.15, 0.2) is 0 Å². The normalized spacial score (nSPS) is 12.1. The van der Waals surface area contributed by atoms with E-state index in [0.717, 1.165) is 0 Å². The second-order valence-corrected chi connectivity index (χ2v) is 6.78. The van der Waals surface area contributed by atoms with Crippen molar-refractivity contribution in [3.8, 4) is 0 Å². The van der Waals surface area contributed by atoms with E-state index in [1.54, 1.807) is 20.8 Å². The highest BCUT2D eigenvalue weighted by atomic mass is 35.5. The van der Waals surface area contributed by atoms with Crippen LogP contribution in [0.5, 0.6) is 0 Å². The quantitative estimate of drug-likeness (QED) is 0.876. The number of benzene rings is 1. The molecule has 0 heterocycles. The molecule has 0 aliphatic heterocycles. The number of amides is 1. The van der Waals surface area contributed by atoms with Crippen molar-refractivity contribution in [3.63, 3.8) is 0 Å². The fraction of sp³-hybridized carbons (Fsp3) is 0.364. The SMILES string of the molecule is CC(C)(C)OC(=O)Nc1cc(S(N)(=O)=O)ccc1Cl. The van der Waals surface area contributed by atoms with E-state index >= 15 is 0 Å². The molecule has 0 aliphatic carbocycles. The molecule has 0 aliphatic rings. The Kier molecular flexibility index (Phi) is 4.44. The molecule has 0 saturated heterocycles. The molecule has 0 bridgehead atoms. The minimum Gasteiger partial charge on any atom is -0.444 e. The number of hydrogen-bond donors (Lipinski definition) is 2. The van der Waals surface area contributed by atoms with E-state index in [9.17, 15) is 13.2 Å². The Morgan fingerprint density at radius 1 is 1.37 bits per heavy atom. The van der Waals surface area contributed by atoms with Crippen LogP contribution in [-0.2, 0) is 14.8 Å². The van der Waals surface area contributed by atoms with Gasteiger partial charge in [0.2, 0.25) is 10.0 Å². The topological polar surface area (TPSA) is 98.5 Å². The number of hydrogen-bond acceptors (Lipinski definition) is 4. The van der Waals surface area contributed by atoms with Gasteiger partial charge in [0.25, 0.3) is 0 Å². The van der Waals surface area contributed by atoms with E-state index in [1.807, 2.05) is 0 Å². The maximum Gasteiger partial charge on any atom is 0.412 e. The van der Waals surface area contributed by atoms with Crippen LogP contribution in [0, 0.1) is 0 Å². The molecule has 0 radical (unpaired) electrons. The van der Waals surface area contributed by atoms with Crippen LogP contribution in [0.4, 0.5) is 10.5 Å². The van der Waals surface area contributed by atoms with Crippen LogP contribution < -0.4 is 10.5 Å². The number of nitrogens with one attached hydrogen (secondary N) is 1. The first-order valence-electron chi connectivity index (χ1n) is 5.31. The molecule has 1 aromatic carbocycles. The summed E-state index contributed by atoms with van der Waals surface area (Å²) in [6.07, 6.45) is -0.735. The molecule has 106 valence electrons. The first kappa shape index (κ1) is 15.7. The Morgan fingerprint density at radius 3 is 2.42 bits per heavy atom. The number of rotatable bonds is 2. The summed E-state index contributed by atoms with van der Waals surface area (Å²) in [6.45, 7) is 5.11. The molecule has 19 heavy (non-hydrogen) atoms. The molecular weight excluding hydrogens is 292 g/mol. The number of sulfonamides is 1. The van der Waals surface area contributed by atoms with Crippen molar-refractivity contribution in [1.82, 2.24) is 0 Å². The Balaban J connectivity index is 2.99. The smallest absolute Gasteiger partial charge is 0.412 e. The highest BCUT2D eigenvalue weighted by Gasteiger charge is 2.18. The number of anilines is 1. The lowest BCUT2D eigenvalue weighted by Gasteiger charge is -2.20. The molecular formula is C11H15ClN2O4S. The molecule has 8 heteroatoms. The van der Waals surface area contributed by atoms with Gasteiger partial charge in [-0.1, -0.05) is 11.6 Å². The predicted molar refractivity (Wildman–Crippen MR) is 72.7 cm³/mol. The highest BCUT2D eigenvalue weighted by molar-refractivity contribution is 7.89. The Labute approximate surface area is 116 Å². The standard InChI is InChI=1S/C11H15ClN2O4S/c1-11(2,3)18-10(15)14-9-6-7(19(13,16)17)4-5-8(9)12/h4-6H,1-3H3,(H,14,15)(H2,13,16,17). The molecule has 3 N–H and O–H groups in total. The Bertz CT molecular complexity index is 593. The molecule has 6 nitrogen and oxygen atoms in total. The Hall–Kier alpha value is -1.31. The lowest BCUT2D eigenvalue weighted by Crippen LogP contribution is -2.27. The van der Waals surface area contributed by atoms with Crippen molar-refractivity contribution in [3.05, 3.63) is 23.2 Å². The summed E-state index contributed by atoms with van der Waals surface area (Å²) in [5.74, 6) is 0. The van der Waals surface area contributed by atoms with Gasteiger partial charge >= 0.3 is 6.09 Å². The summed E-state index contributed by atoms with van der Waals surface area (Å²) >= 11 is 5.86. The molecule has 0 unspecified atom stereocenters. The average molecular weight is 307 g/mol. The maximum atomic E-state index is 11.6. The van der Waals surface area contributed by atoms with Gasteiger partial charge in [0.05, 0.1) is 15.6 Å². The first-order valence-corrected chi connectivity index (χ1v) is 7.24. The van der Waals surface area contributed by atoms with Crippen molar-refractivity contribution >= 4 is 33.4 Å². The third-order valence-corrected chi connectivity index (χ3v) is 3.14. The maximum absolute atomic E-state index is 11.6. The minimum atomic E-state index is -3.86. The number of halogens is 1. The zero-order valence-corrected chi connectivity index (χ0v) is 12.3. The fourth-order valence-corrected chi connectivity index (χ4v) is 1.90. The average Bonchev–Trinajstić information content (AvgIpc) is 2.16. The van der Waals surface area contributed by atoms with Crippen LogP contribution in [0.1, 0.15) is 20.8 Å². The summed E-state index contributed by atoms with van der Waals surface area (Å²) < 4.78 is 27.4. The monoisotopic (exact) mass is 306 g/mol. The number of carbonyl (C=O) groups excluding carboxylic acids is 1. The van der Waals surface area contributed by atoms with E-state index in [-0.39, 0.29) is 15.6 Å². The molecule has 0 aromatic heterocycles. The molecule has 0 spiro atoms. The van der Waals surface area contributed by atoms with Gasteiger partial charge in [-0.3, -0.25) is 5.32 Å². The molecule has 1 aromatic rings. The second-order valence-electron chi connectivity index (χ2n) is 4.81. The fourth-order valence-electron chi connectivity index (χ4n) is 1.19. The van der Waals surface area contributed by atoms with Crippen molar-refractivity contribution in [2.75, 3.05) is 5.32 Å². The van der Waals surface area contributed by atoms with E-state index in [4.69, 9.17) is 21.5 Å². The third kappa shape index (κ3) is 5.06. The highest BCUT2D eigenvalue weighted by Crippen LogP contribution is 2.25. The summed E-state index contributed by atoms with van der Waals surface area (Å²) in [7, 11) is -3.86. The van der Waals surface area contributed by atoms with Crippen LogP contribution in [0.3, 0.4) is 0 Å². The van der Waals surface area contributed by atoms with Crippen molar-refractivity contribution in [2.45, 2.75) is 31.3 Å². The summed E-state index contributed by atoms with van der Waals surface area (Å²) in [5.41, 5.74) is -0.559.